The number of sulfonamides is 1. The number of carbonyl (C=O) groups is 1. The fourth-order valence-corrected chi connectivity index (χ4v) is 4.26. The Labute approximate surface area is 162 Å². The van der Waals surface area contributed by atoms with Crippen LogP contribution in [0.5, 0.6) is 0 Å². The second kappa shape index (κ2) is 7.89. The quantitative estimate of drug-likeness (QED) is 0.659. The summed E-state index contributed by atoms with van der Waals surface area (Å²) in [6, 6.07) is 11.9. The minimum Gasteiger partial charge on any atom is -0.326 e. The highest BCUT2D eigenvalue weighted by Gasteiger charge is 2.15. The second-order valence-electron chi connectivity index (χ2n) is 6.11. The normalized spacial score (nSPS) is 11.2. The van der Waals surface area contributed by atoms with E-state index in [1.165, 1.54) is 35.2 Å². The van der Waals surface area contributed by atoms with Crippen LogP contribution in [0.4, 0.5) is 10.8 Å². The fraction of sp³-hybridized carbons (Fsp3) is 0.158. The molecular formula is C19H19N3O3S2. The minimum absolute atomic E-state index is 0.102. The van der Waals surface area contributed by atoms with Crippen LogP contribution in [-0.2, 0) is 21.2 Å². The Morgan fingerprint density at radius 3 is 2.44 bits per heavy atom. The van der Waals surface area contributed by atoms with Crippen LogP contribution in [0.3, 0.4) is 0 Å². The van der Waals surface area contributed by atoms with E-state index in [9.17, 15) is 13.2 Å². The standard InChI is InChI=1S/C19H19N3O3S2/c1-13-3-4-15(11-14(13)2)12-18(23)21-16-5-7-17(8-6-16)27(24,25)22-19-20-9-10-26-19/h3-11H,12H2,1-2H3,(H,20,22)(H,21,23). The van der Waals surface area contributed by atoms with Crippen molar-refractivity contribution in [1.82, 2.24) is 4.98 Å². The monoisotopic (exact) mass is 401 g/mol. The van der Waals surface area contributed by atoms with Gasteiger partial charge in [0.15, 0.2) is 5.13 Å². The second-order valence-corrected chi connectivity index (χ2v) is 8.69. The molecule has 1 aromatic heterocycles. The van der Waals surface area contributed by atoms with E-state index in [0.717, 1.165) is 11.1 Å². The summed E-state index contributed by atoms with van der Waals surface area (Å²) in [4.78, 5) is 16.2. The first-order valence-electron chi connectivity index (χ1n) is 8.22. The molecule has 2 aromatic carbocycles. The Hall–Kier alpha value is -2.71. The van der Waals surface area contributed by atoms with Gasteiger partial charge in [0, 0.05) is 17.3 Å². The van der Waals surface area contributed by atoms with Crippen molar-refractivity contribution in [3.05, 3.63) is 70.7 Å². The summed E-state index contributed by atoms with van der Waals surface area (Å²) in [5.74, 6) is -0.158. The van der Waals surface area contributed by atoms with Gasteiger partial charge in [-0.2, -0.15) is 0 Å². The average Bonchev–Trinajstić information content (AvgIpc) is 3.11. The van der Waals surface area contributed by atoms with Crippen LogP contribution in [0.15, 0.2) is 58.9 Å². The number of carbonyl (C=O) groups excluding carboxylic acids is 1. The number of rotatable bonds is 6. The molecule has 0 aliphatic rings. The summed E-state index contributed by atoms with van der Waals surface area (Å²) >= 11 is 1.20. The zero-order valence-electron chi connectivity index (χ0n) is 14.9. The van der Waals surface area contributed by atoms with Gasteiger partial charge < -0.3 is 5.32 Å². The largest absolute Gasteiger partial charge is 0.326 e. The first-order chi connectivity index (χ1) is 12.8. The highest BCUT2D eigenvalue weighted by atomic mass is 32.2. The number of amides is 1. The Morgan fingerprint density at radius 2 is 1.81 bits per heavy atom. The lowest BCUT2D eigenvalue weighted by Crippen LogP contribution is -2.15. The highest BCUT2D eigenvalue weighted by Crippen LogP contribution is 2.20. The number of benzene rings is 2. The van der Waals surface area contributed by atoms with Gasteiger partial charge in [-0.05, 0) is 54.8 Å². The molecule has 2 N–H and O–H groups in total. The van der Waals surface area contributed by atoms with Crippen LogP contribution in [0.1, 0.15) is 16.7 Å². The third-order valence-electron chi connectivity index (χ3n) is 4.04. The van der Waals surface area contributed by atoms with E-state index in [1.54, 1.807) is 17.5 Å². The predicted octanol–water partition coefficient (Wildman–Crippen LogP) is 3.74. The molecule has 0 saturated carbocycles. The molecule has 1 amide bonds. The van der Waals surface area contributed by atoms with Crippen molar-refractivity contribution in [3.8, 4) is 0 Å². The van der Waals surface area contributed by atoms with Gasteiger partial charge in [0.2, 0.25) is 5.91 Å². The van der Waals surface area contributed by atoms with Crippen LogP contribution in [0.25, 0.3) is 0 Å². The molecule has 3 rings (SSSR count). The van der Waals surface area contributed by atoms with E-state index in [0.29, 0.717) is 10.8 Å². The summed E-state index contributed by atoms with van der Waals surface area (Å²) in [5.41, 5.74) is 3.80. The third-order valence-corrected chi connectivity index (χ3v) is 6.21. The molecule has 0 radical (unpaired) electrons. The van der Waals surface area contributed by atoms with Gasteiger partial charge in [-0.25, -0.2) is 13.4 Å². The maximum atomic E-state index is 12.3. The predicted molar refractivity (Wildman–Crippen MR) is 108 cm³/mol. The lowest BCUT2D eigenvalue weighted by atomic mass is 10.0. The maximum absolute atomic E-state index is 12.3. The molecular weight excluding hydrogens is 382 g/mol. The number of aromatic nitrogens is 1. The number of nitrogens with zero attached hydrogens (tertiary/aromatic N) is 1. The molecule has 140 valence electrons. The first kappa shape index (κ1) is 19.1. The fourth-order valence-electron chi connectivity index (χ4n) is 2.47. The van der Waals surface area contributed by atoms with E-state index in [-0.39, 0.29) is 17.2 Å². The summed E-state index contributed by atoms with van der Waals surface area (Å²) in [6.07, 6.45) is 1.78. The van der Waals surface area contributed by atoms with Crippen LogP contribution < -0.4 is 10.0 Å². The summed E-state index contributed by atoms with van der Waals surface area (Å²) in [6.45, 7) is 4.04. The topological polar surface area (TPSA) is 88.2 Å². The molecule has 0 saturated heterocycles. The lowest BCUT2D eigenvalue weighted by molar-refractivity contribution is -0.115. The van der Waals surface area contributed by atoms with Gasteiger partial charge in [0.1, 0.15) is 0 Å². The van der Waals surface area contributed by atoms with Crippen molar-refractivity contribution >= 4 is 38.1 Å². The zero-order valence-corrected chi connectivity index (χ0v) is 16.5. The van der Waals surface area contributed by atoms with Gasteiger partial charge in [0.25, 0.3) is 10.0 Å². The molecule has 0 fully saturated rings. The highest BCUT2D eigenvalue weighted by molar-refractivity contribution is 7.93. The van der Waals surface area contributed by atoms with Crippen molar-refractivity contribution in [2.24, 2.45) is 0 Å². The minimum atomic E-state index is -3.70. The van der Waals surface area contributed by atoms with E-state index >= 15 is 0 Å². The Morgan fingerprint density at radius 1 is 1.07 bits per heavy atom. The van der Waals surface area contributed by atoms with Gasteiger partial charge >= 0.3 is 0 Å². The molecule has 0 unspecified atom stereocenters. The maximum Gasteiger partial charge on any atom is 0.263 e. The SMILES string of the molecule is Cc1ccc(CC(=O)Nc2ccc(S(=O)(=O)Nc3nccs3)cc2)cc1C. The van der Waals surface area contributed by atoms with Crippen molar-refractivity contribution in [1.29, 1.82) is 0 Å². The number of anilines is 2. The number of hydrogen-bond acceptors (Lipinski definition) is 5. The average molecular weight is 402 g/mol. The van der Waals surface area contributed by atoms with Crippen molar-refractivity contribution in [3.63, 3.8) is 0 Å². The summed E-state index contributed by atoms with van der Waals surface area (Å²) in [7, 11) is -3.70. The summed E-state index contributed by atoms with van der Waals surface area (Å²) < 4.78 is 27.0. The van der Waals surface area contributed by atoms with Gasteiger partial charge in [-0.15, -0.1) is 11.3 Å². The van der Waals surface area contributed by atoms with Crippen molar-refractivity contribution in [2.75, 3.05) is 10.0 Å². The molecule has 3 aromatic rings. The molecule has 6 nitrogen and oxygen atoms in total. The van der Waals surface area contributed by atoms with Gasteiger partial charge in [0.05, 0.1) is 11.3 Å². The van der Waals surface area contributed by atoms with Gasteiger partial charge in [-0.3, -0.25) is 9.52 Å². The lowest BCUT2D eigenvalue weighted by Gasteiger charge is -2.09. The molecule has 0 bridgehead atoms. The number of nitrogens with one attached hydrogen (secondary N) is 2. The smallest absolute Gasteiger partial charge is 0.263 e. The number of thiazole rings is 1. The Balaban J connectivity index is 1.64. The van der Waals surface area contributed by atoms with Crippen LogP contribution in [0.2, 0.25) is 0 Å². The molecule has 0 spiro atoms. The van der Waals surface area contributed by atoms with Gasteiger partial charge in [-0.1, -0.05) is 18.2 Å². The van der Waals surface area contributed by atoms with Crippen LogP contribution in [0, 0.1) is 13.8 Å². The van der Waals surface area contributed by atoms with E-state index in [2.05, 4.69) is 15.0 Å². The summed E-state index contributed by atoms with van der Waals surface area (Å²) in [5, 5.41) is 4.78. The zero-order chi connectivity index (χ0) is 19.4. The number of hydrogen-bond donors (Lipinski definition) is 2. The van der Waals surface area contributed by atoms with Crippen molar-refractivity contribution < 1.29 is 13.2 Å². The molecule has 0 atom stereocenters. The Kier molecular flexibility index (Phi) is 5.57. The first-order valence-corrected chi connectivity index (χ1v) is 10.6. The third kappa shape index (κ3) is 4.93. The van der Waals surface area contributed by atoms with E-state index in [1.807, 2.05) is 32.0 Å². The molecule has 0 aliphatic carbocycles. The van der Waals surface area contributed by atoms with Crippen LogP contribution in [-0.4, -0.2) is 19.3 Å². The van der Waals surface area contributed by atoms with E-state index < -0.39 is 10.0 Å². The van der Waals surface area contributed by atoms with Crippen LogP contribution >= 0.6 is 11.3 Å². The molecule has 1 heterocycles. The number of aryl methyl sites for hydroxylation is 2. The van der Waals surface area contributed by atoms with Crippen molar-refractivity contribution in [2.45, 2.75) is 25.2 Å². The molecule has 27 heavy (non-hydrogen) atoms. The Bertz CT molecular complexity index is 1040. The van der Waals surface area contributed by atoms with E-state index in [4.69, 9.17) is 0 Å². The molecule has 8 heteroatoms. The molecule has 0 aliphatic heterocycles.